The van der Waals surface area contributed by atoms with Crippen LogP contribution in [0, 0.1) is 6.92 Å². The van der Waals surface area contributed by atoms with Gasteiger partial charge in [0.1, 0.15) is 18.8 Å². The van der Waals surface area contributed by atoms with Crippen LogP contribution in [0.1, 0.15) is 15.9 Å². The van der Waals surface area contributed by atoms with E-state index in [0.29, 0.717) is 47.1 Å². The second kappa shape index (κ2) is 7.65. The fraction of sp³-hybridized carbons (Fsp3) is 0.120. The van der Waals surface area contributed by atoms with Crippen LogP contribution in [0.2, 0.25) is 0 Å². The Balaban J connectivity index is 1.42. The molecule has 1 aliphatic rings. The standard InChI is InChI=1S/C25H19NO5/c1-15-12-18(26-24(27)17-6-9-22-23(14-17)30-11-10-29-22)7-8-19(15)20-13-16-4-2-3-5-21(16)31-25(20)28/h2-9,12-14H,10-11H2,1H3,(H,26,27). The molecule has 0 bridgehead atoms. The smallest absolute Gasteiger partial charge is 0.344 e. The van der Waals surface area contributed by atoms with Crippen LogP contribution >= 0.6 is 0 Å². The summed E-state index contributed by atoms with van der Waals surface area (Å²) in [6.45, 7) is 2.85. The number of amides is 1. The van der Waals surface area contributed by atoms with E-state index < -0.39 is 5.63 Å². The van der Waals surface area contributed by atoms with E-state index in [2.05, 4.69) is 5.32 Å². The van der Waals surface area contributed by atoms with Crippen LogP contribution in [0.5, 0.6) is 11.5 Å². The second-order valence-electron chi connectivity index (χ2n) is 7.33. The summed E-state index contributed by atoms with van der Waals surface area (Å²) in [7, 11) is 0. The molecule has 0 atom stereocenters. The number of anilines is 1. The molecule has 5 rings (SSSR count). The monoisotopic (exact) mass is 413 g/mol. The number of fused-ring (bicyclic) bond motifs is 2. The van der Waals surface area contributed by atoms with Gasteiger partial charge in [-0.25, -0.2) is 4.79 Å². The molecule has 0 unspecified atom stereocenters. The zero-order valence-electron chi connectivity index (χ0n) is 16.8. The minimum Gasteiger partial charge on any atom is -0.486 e. The zero-order chi connectivity index (χ0) is 21.4. The van der Waals surface area contributed by atoms with Crippen molar-refractivity contribution in [2.24, 2.45) is 0 Å². The van der Waals surface area contributed by atoms with Crippen molar-refractivity contribution in [2.45, 2.75) is 6.92 Å². The lowest BCUT2D eigenvalue weighted by molar-refractivity contribution is 0.102. The van der Waals surface area contributed by atoms with E-state index in [4.69, 9.17) is 13.9 Å². The third-order valence-electron chi connectivity index (χ3n) is 5.22. The van der Waals surface area contributed by atoms with Gasteiger partial charge in [0.25, 0.3) is 5.91 Å². The Morgan fingerprint density at radius 1 is 0.871 bits per heavy atom. The van der Waals surface area contributed by atoms with Crippen LogP contribution in [-0.4, -0.2) is 19.1 Å². The van der Waals surface area contributed by atoms with E-state index in [1.165, 1.54) is 0 Å². The number of benzene rings is 3. The molecule has 0 spiro atoms. The highest BCUT2D eigenvalue weighted by molar-refractivity contribution is 6.04. The van der Waals surface area contributed by atoms with Gasteiger partial charge >= 0.3 is 5.63 Å². The third kappa shape index (κ3) is 3.64. The van der Waals surface area contributed by atoms with Gasteiger partial charge in [-0.1, -0.05) is 24.3 Å². The molecule has 0 radical (unpaired) electrons. The van der Waals surface area contributed by atoms with Crippen LogP contribution < -0.4 is 20.4 Å². The van der Waals surface area contributed by atoms with Gasteiger partial charge in [-0.05, 0) is 60.5 Å². The Morgan fingerprint density at radius 3 is 2.52 bits per heavy atom. The van der Waals surface area contributed by atoms with Crippen LogP contribution in [0.3, 0.4) is 0 Å². The van der Waals surface area contributed by atoms with E-state index in [9.17, 15) is 9.59 Å². The quantitative estimate of drug-likeness (QED) is 0.489. The van der Waals surface area contributed by atoms with Crippen molar-refractivity contribution in [1.82, 2.24) is 0 Å². The number of rotatable bonds is 3. The SMILES string of the molecule is Cc1cc(NC(=O)c2ccc3c(c2)OCCO3)ccc1-c1cc2ccccc2oc1=O. The van der Waals surface area contributed by atoms with Gasteiger partial charge in [0.05, 0.1) is 5.56 Å². The van der Waals surface area contributed by atoms with Gasteiger partial charge in [0, 0.05) is 16.6 Å². The summed E-state index contributed by atoms with van der Waals surface area (Å²) in [6, 6.07) is 19.7. The molecule has 31 heavy (non-hydrogen) atoms. The molecule has 0 saturated heterocycles. The van der Waals surface area contributed by atoms with Gasteiger partial charge in [0.15, 0.2) is 11.5 Å². The van der Waals surface area contributed by atoms with Gasteiger partial charge < -0.3 is 19.2 Å². The minimum atomic E-state index is -0.394. The molecule has 1 amide bonds. The molecule has 2 heterocycles. The van der Waals surface area contributed by atoms with Crippen molar-refractivity contribution in [1.29, 1.82) is 0 Å². The Bertz CT molecular complexity index is 1370. The first-order valence-corrected chi connectivity index (χ1v) is 9.93. The number of carbonyl (C=O) groups excluding carboxylic acids is 1. The van der Waals surface area contributed by atoms with Crippen molar-refractivity contribution in [3.8, 4) is 22.6 Å². The topological polar surface area (TPSA) is 77.8 Å². The third-order valence-corrected chi connectivity index (χ3v) is 5.22. The summed E-state index contributed by atoms with van der Waals surface area (Å²) in [5, 5.41) is 3.75. The molecule has 4 aromatic rings. The fourth-order valence-corrected chi connectivity index (χ4v) is 3.68. The molecule has 0 aliphatic carbocycles. The van der Waals surface area contributed by atoms with Gasteiger partial charge in [-0.3, -0.25) is 4.79 Å². The maximum Gasteiger partial charge on any atom is 0.344 e. The summed E-state index contributed by atoms with van der Waals surface area (Å²) in [5.74, 6) is 0.944. The summed E-state index contributed by atoms with van der Waals surface area (Å²) < 4.78 is 16.5. The van der Waals surface area contributed by atoms with Crippen LogP contribution in [0.25, 0.3) is 22.1 Å². The average molecular weight is 413 g/mol. The lowest BCUT2D eigenvalue weighted by Crippen LogP contribution is -2.17. The van der Waals surface area contributed by atoms with E-state index in [0.717, 1.165) is 16.5 Å². The molecule has 6 heteroatoms. The molecule has 0 saturated carbocycles. The first kappa shape index (κ1) is 18.9. The number of para-hydroxylation sites is 1. The minimum absolute atomic E-state index is 0.255. The molecule has 1 aromatic heterocycles. The first-order chi connectivity index (χ1) is 15.1. The highest BCUT2D eigenvalue weighted by atomic mass is 16.6. The van der Waals surface area contributed by atoms with Crippen LogP contribution in [0.4, 0.5) is 5.69 Å². The summed E-state index contributed by atoms with van der Waals surface area (Å²) >= 11 is 0. The average Bonchev–Trinajstić information content (AvgIpc) is 2.78. The first-order valence-electron chi connectivity index (χ1n) is 9.93. The molecule has 154 valence electrons. The van der Waals surface area contributed by atoms with Gasteiger partial charge in [0.2, 0.25) is 0 Å². The van der Waals surface area contributed by atoms with Crippen LogP contribution in [0.15, 0.2) is 75.9 Å². The van der Waals surface area contributed by atoms with Gasteiger partial charge in [-0.2, -0.15) is 0 Å². The molecular formula is C25H19NO5. The van der Waals surface area contributed by atoms with E-state index in [-0.39, 0.29) is 5.91 Å². The molecule has 1 N–H and O–H groups in total. The van der Waals surface area contributed by atoms with Gasteiger partial charge in [-0.15, -0.1) is 0 Å². The van der Waals surface area contributed by atoms with E-state index >= 15 is 0 Å². The maximum atomic E-state index is 12.7. The summed E-state index contributed by atoms with van der Waals surface area (Å²) in [5.41, 5.74) is 3.36. The lowest BCUT2D eigenvalue weighted by Gasteiger charge is -2.18. The lowest BCUT2D eigenvalue weighted by atomic mass is 10.0. The number of ether oxygens (including phenoxy) is 2. The van der Waals surface area contributed by atoms with Crippen molar-refractivity contribution < 1.29 is 18.7 Å². The van der Waals surface area contributed by atoms with Crippen molar-refractivity contribution in [3.63, 3.8) is 0 Å². The Morgan fingerprint density at radius 2 is 1.68 bits per heavy atom. The predicted octanol–water partition coefficient (Wildman–Crippen LogP) is 4.79. The Labute approximate surface area is 178 Å². The maximum absolute atomic E-state index is 12.7. The van der Waals surface area contributed by atoms with E-state index in [1.54, 1.807) is 30.3 Å². The fourth-order valence-electron chi connectivity index (χ4n) is 3.68. The van der Waals surface area contributed by atoms with Crippen molar-refractivity contribution >= 4 is 22.6 Å². The number of nitrogens with one attached hydrogen (secondary N) is 1. The van der Waals surface area contributed by atoms with Crippen molar-refractivity contribution in [3.05, 3.63) is 88.3 Å². The summed E-state index contributed by atoms with van der Waals surface area (Å²) in [4.78, 5) is 25.2. The van der Waals surface area contributed by atoms with Crippen molar-refractivity contribution in [2.75, 3.05) is 18.5 Å². The number of aryl methyl sites for hydroxylation is 1. The normalized spacial score (nSPS) is 12.5. The molecular weight excluding hydrogens is 394 g/mol. The molecule has 1 aliphatic heterocycles. The van der Waals surface area contributed by atoms with Crippen LogP contribution in [-0.2, 0) is 0 Å². The highest BCUT2D eigenvalue weighted by Crippen LogP contribution is 2.31. The zero-order valence-corrected chi connectivity index (χ0v) is 16.8. The van der Waals surface area contributed by atoms with E-state index in [1.807, 2.05) is 43.3 Å². The molecule has 3 aromatic carbocycles. The largest absolute Gasteiger partial charge is 0.486 e. The molecule has 0 fully saturated rings. The highest BCUT2D eigenvalue weighted by Gasteiger charge is 2.16. The number of hydrogen-bond acceptors (Lipinski definition) is 5. The predicted molar refractivity (Wildman–Crippen MR) is 118 cm³/mol. The number of carbonyl (C=O) groups is 1. The Hall–Kier alpha value is -4.06. The summed E-state index contributed by atoms with van der Waals surface area (Å²) in [6.07, 6.45) is 0. The Kier molecular flexibility index (Phi) is 4.67. The molecule has 6 nitrogen and oxygen atoms in total. The second-order valence-corrected chi connectivity index (χ2v) is 7.33. The number of hydrogen-bond donors (Lipinski definition) is 1.